The third kappa shape index (κ3) is 1.10. The number of likely N-dealkylation sites (N-methyl/N-ethyl adjacent to an activating group) is 1. The van der Waals surface area contributed by atoms with Crippen LogP contribution in [0.2, 0.25) is 0 Å². The summed E-state index contributed by atoms with van der Waals surface area (Å²) in [4.78, 5) is 13.8. The molecule has 1 aliphatic rings. The largest absolute Gasteiger partial charge is 0.314 e. The molecule has 0 saturated carbocycles. The van der Waals surface area contributed by atoms with Gasteiger partial charge in [-0.2, -0.15) is 5.26 Å². The number of carbonyl (C=O) groups excluding carboxylic acids is 1. The van der Waals surface area contributed by atoms with E-state index in [-0.39, 0.29) is 12.3 Å². The van der Waals surface area contributed by atoms with Gasteiger partial charge in [-0.3, -0.25) is 4.79 Å². The molecule has 1 aromatic rings. The number of rotatable bonds is 2. The fraction of sp³-hybridized carbons (Fsp3) is 0.231. The maximum Gasteiger partial charge on any atom is 0.242 e. The molecule has 1 aromatic carbocycles. The molecule has 2 rings (SSSR count). The molecule has 0 bridgehead atoms. The van der Waals surface area contributed by atoms with Crippen LogP contribution in [0.1, 0.15) is 12.0 Å². The van der Waals surface area contributed by atoms with E-state index in [0.29, 0.717) is 0 Å². The van der Waals surface area contributed by atoms with Gasteiger partial charge < -0.3 is 4.90 Å². The second-order valence-electron chi connectivity index (χ2n) is 3.89. The van der Waals surface area contributed by atoms with Crippen LogP contribution in [0, 0.1) is 11.3 Å². The fourth-order valence-electron chi connectivity index (χ4n) is 2.23. The lowest BCUT2D eigenvalue weighted by Gasteiger charge is -2.20. The van der Waals surface area contributed by atoms with Crippen LogP contribution < -0.4 is 4.90 Å². The summed E-state index contributed by atoms with van der Waals surface area (Å²) >= 11 is 0. The van der Waals surface area contributed by atoms with Crippen LogP contribution in [0.15, 0.2) is 36.9 Å². The molecule has 0 saturated heterocycles. The molecule has 1 amide bonds. The fourth-order valence-corrected chi connectivity index (χ4v) is 2.23. The van der Waals surface area contributed by atoms with Gasteiger partial charge >= 0.3 is 0 Å². The molecule has 3 nitrogen and oxygen atoms in total. The van der Waals surface area contributed by atoms with E-state index in [1.54, 1.807) is 18.0 Å². The van der Waals surface area contributed by atoms with Gasteiger partial charge in [0.05, 0.1) is 12.5 Å². The molecule has 1 aliphatic heterocycles. The highest BCUT2D eigenvalue weighted by molar-refractivity contribution is 6.09. The lowest BCUT2D eigenvalue weighted by molar-refractivity contribution is -0.121. The Labute approximate surface area is 94.6 Å². The number of fused-ring (bicyclic) bond motifs is 1. The Morgan fingerprint density at radius 1 is 1.56 bits per heavy atom. The van der Waals surface area contributed by atoms with Crippen LogP contribution >= 0.6 is 0 Å². The van der Waals surface area contributed by atoms with Crippen LogP contribution in [-0.4, -0.2) is 13.0 Å². The Morgan fingerprint density at radius 3 is 2.88 bits per heavy atom. The van der Waals surface area contributed by atoms with E-state index in [9.17, 15) is 4.79 Å². The van der Waals surface area contributed by atoms with E-state index in [2.05, 4.69) is 12.6 Å². The molecule has 1 unspecified atom stereocenters. The molecule has 0 aliphatic carbocycles. The standard InChI is InChI=1S/C13H12N2O/c1-3-13(8-9-14)10-6-4-5-7-11(10)15(2)12(13)16/h3-7H,1,8H2,2H3. The second-order valence-corrected chi connectivity index (χ2v) is 3.89. The average molecular weight is 212 g/mol. The Bertz CT molecular complexity index is 501. The van der Waals surface area contributed by atoms with Crippen LogP contribution in [0.25, 0.3) is 0 Å². The number of hydrogen-bond donors (Lipinski definition) is 0. The minimum absolute atomic E-state index is 0.0785. The first-order chi connectivity index (χ1) is 7.67. The average Bonchev–Trinajstić information content (AvgIpc) is 2.53. The number of amides is 1. The van der Waals surface area contributed by atoms with Crippen LogP contribution in [-0.2, 0) is 10.2 Å². The molecule has 0 aromatic heterocycles. The quantitative estimate of drug-likeness (QED) is 0.704. The van der Waals surface area contributed by atoms with Crippen molar-refractivity contribution in [2.24, 2.45) is 0 Å². The van der Waals surface area contributed by atoms with Gasteiger partial charge in [-0.1, -0.05) is 24.3 Å². The van der Waals surface area contributed by atoms with E-state index < -0.39 is 5.41 Å². The monoisotopic (exact) mass is 212 g/mol. The number of nitrogens with zero attached hydrogens (tertiary/aromatic N) is 2. The highest BCUT2D eigenvalue weighted by atomic mass is 16.2. The molecule has 16 heavy (non-hydrogen) atoms. The van der Waals surface area contributed by atoms with Crippen LogP contribution in [0.3, 0.4) is 0 Å². The summed E-state index contributed by atoms with van der Waals surface area (Å²) in [7, 11) is 1.73. The first-order valence-corrected chi connectivity index (χ1v) is 5.05. The molecule has 0 N–H and O–H groups in total. The Balaban J connectivity index is 2.69. The number of hydrogen-bond acceptors (Lipinski definition) is 2. The molecule has 80 valence electrons. The summed E-state index contributed by atoms with van der Waals surface area (Å²) in [6.07, 6.45) is 1.72. The number of para-hydroxylation sites is 1. The topological polar surface area (TPSA) is 44.1 Å². The summed E-state index contributed by atoms with van der Waals surface area (Å²) in [6, 6.07) is 9.60. The van der Waals surface area contributed by atoms with Gasteiger partial charge in [0.25, 0.3) is 0 Å². The van der Waals surface area contributed by atoms with Gasteiger partial charge in [0.2, 0.25) is 5.91 Å². The Kier molecular flexibility index (Phi) is 2.28. The third-order valence-corrected chi connectivity index (χ3v) is 3.14. The minimum Gasteiger partial charge on any atom is -0.314 e. The zero-order chi connectivity index (χ0) is 11.8. The number of carbonyl (C=O) groups is 1. The van der Waals surface area contributed by atoms with Gasteiger partial charge in [-0.05, 0) is 11.6 Å². The SMILES string of the molecule is C=CC1(CC#N)C(=O)N(C)c2ccccc21. The minimum atomic E-state index is -0.861. The molecular formula is C13H12N2O. The first kappa shape index (κ1) is 10.4. The summed E-state index contributed by atoms with van der Waals surface area (Å²) in [6.45, 7) is 3.72. The van der Waals surface area contributed by atoms with Crippen molar-refractivity contribution >= 4 is 11.6 Å². The Morgan fingerprint density at radius 2 is 2.25 bits per heavy atom. The zero-order valence-electron chi connectivity index (χ0n) is 9.10. The van der Waals surface area contributed by atoms with Gasteiger partial charge in [0.15, 0.2) is 0 Å². The van der Waals surface area contributed by atoms with Crippen molar-refractivity contribution in [2.45, 2.75) is 11.8 Å². The van der Waals surface area contributed by atoms with Gasteiger partial charge in [0.1, 0.15) is 5.41 Å². The van der Waals surface area contributed by atoms with Gasteiger partial charge in [-0.25, -0.2) is 0 Å². The lowest BCUT2D eigenvalue weighted by Crippen LogP contribution is -2.36. The lowest BCUT2D eigenvalue weighted by atomic mass is 9.79. The normalized spacial score (nSPS) is 22.8. The highest BCUT2D eigenvalue weighted by Gasteiger charge is 2.47. The van der Waals surface area contributed by atoms with Crippen molar-refractivity contribution in [3.05, 3.63) is 42.5 Å². The molecular weight excluding hydrogens is 200 g/mol. The van der Waals surface area contributed by atoms with E-state index in [0.717, 1.165) is 11.3 Å². The smallest absolute Gasteiger partial charge is 0.242 e. The third-order valence-electron chi connectivity index (χ3n) is 3.14. The molecule has 1 heterocycles. The van der Waals surface area contributed by atoms with Crippen molar-refractivity contribution in [1.82, 2.24) is 0 Å². The van der Waals surface area contributed by atoms with Crippen molar-refractivity contribution in [1.29, 1.82) is 5.26 Å². The van der Waals surface area contributed by atoms with Crippen LogP contribution in [0.4, 0.5) is 5.69 Å². The van der Waals surface area contributed by atoms with Crippen LogP contribution in [0.5, 0.6) is 0 Å². The summed E-state index contributed by atoms with van der Waals surface area (Å²) in [5, 5.41) is 8.88. The summed E-state index contributed by atoms with van der Waals surface area (Å²) in [5.41, 5.74) is 0.877. The number of benzene rings is 1. The van der Waals surface area contributed by atoms with Gasteiger partial charge in [0, 0.05) is 12.7 Å². The Hall–Kier alpha value is -2.08. The molecule has 0 radical (unpaired) electrons. The molecule has 1 atom stereocenters. The molecule has 0 spiro atoms. The van der Waals surface area contributed by atoms with Gasteiger partial charge in [-0.15, -0.1) is 6.58 Å². The van der Waals surface area contributed by atoms with Crippen molar-refractivity contribution < 1.29 is 4.79 Å². The zero-order valence-corrected chi connectivity index (χ0v) is 9.10. The second kappa shape index (κ2) is 3.49. The van der Waals surface area contributed by atoms with E-state index in [1.165, 1.54) is 0 Å². The molecule has 3 heteroatoms. The predicted molar refractivity (Wildman–Crippen MR) is 62.0 cm³/mol. The van der Waals surface area contributed by atoms with Crippen molar-refractivity contribution in [2.75, 3.05) is 11.9 Å². The number of nitriles is 1. The maximum atomic E-state index is 12.2. The van der Waals surface area contributed by atoms with E-state index in [1.807, 2.05) is 24.3 Å². The summed E-state index contributed by atoms with van der Waals surface area (Å²) < 4.78 is 0. The predicted octanol–water partition coefficient (Wildman–Crippen LogP) is 2.00. The molecule has 0 fully saturated rings. The highest BCUT2D eigenvalue weighted by Crippen LogP contribution is 2.43. The van der Waals surface area contributed by atoms with E-state index >= 15 is 0 Å². The van der Waals surface area contributed by atoms with Crippen molar-refractivity contribution in [3.63, 3.8) is 0 Å². The summed E-state index contributed by atoms with van der Waals surface area (Å²) in [5.74, 6) is -0.0785. The van der Waals surface area contributed by atoms with E-state index in [4.69, 9.17) is 5.26 Å². The maximum absolute atomic E-state index is 12.2. The number of anilines is 1. The van der Waals surface area contributed by atoms with Crippen molar-refractivity contribution in [3.8, 4) is 6.07 Å². The first-order valence-electron chi connectivity index (χ1n) is 5.05.